The summed E-state index contributed by atoms with van der Waals surface area (Å²) in [7, 11) is 3.37. The first-order valence-corrected chi connectivity index (χ1v) is 6.93. The van der Waals surface area contributed by atoms with Gasteiger partial charge < -0.3 is 9.64 Å². The Labute approximate surface area is 123 Å². The number of para-hydroxylation sites is 1. The molecule has 0 amide bonds. The molecule has 1 fully saturated rings. The zero-order valence-electron chi connectivity index (χ0n) is 12.2. The average molecular weight is 286 g/mol. The number of ether oxygens (including phenoxy) is 1. The molecule has 1 aliphatic rings. The first-order valence-electron chi connectivity index (χ1n) is 6.93. The highest BCUT2D eigenvalue weighted by Crippen LogP contribution is 2.24. The molecule has 0 bridgehead atoms. The maximum absolute atomic E-state index is 11.9. The first-order chi connectivity index (χ1) is 10.2. The molecule has 6 heteroatoms. The fourth-order valence-electron chi connectivity index (χ4n) is 2.70. The van der Waals surface area contributed by atoms with Gasteiger partial charge in [0.15, 0.2) is 0 Å². The number of rotatable bonds is 2. The number of carbonyl (C=O) groups excluding carboxylic acids is 1. The van der Waals surface area contributed by atoms with E-state index in [-0.39, 0.29) is 12.0 Å². The molecule has 1 aromatic heterocycles. The third-order valence-electron chi connectivity index (χ3n) is 3.94. The summed E-state index contributed by atoms with van der Waals surface area (Å²) in [6.07, 6.45) is 1.57. The van der Waals surface area contributed by atoms with E-state index in [2.05, 4.69) is 14.9 Å². The summed E-state index contributed by atoms with van der Waals surface area (Å²) in [5, 5.41) is 1.01. The molecule has 1 aromatic carbocycles. The van der Waals surface area contributed by atoms with Crippen molar-refractivity contribution >= 4 is 22.7 Å². The Morgan fingerprint density at radius 1 is 1.29 bits per heavy atom. The van der Waals surface area contributed by atoms with Gasteiger partial charge in [-0.2, -0.15) is 0 Å². The van der Waals surface area contributed by atoms with Crippen LogP contribution in [-0.4, -0.2) is 60.7 Å². The average Bonchev–Trinajstić information content (AvgIpc) is 2.54. The van der Waals surface area contributed by atoms with Gasteiger partial charge in [-0.3, -0.25) is 9.69 Å². The number of fused-ring (bicyclic) bond motifs is 1. The van der Waals surface area contributed by atoms with Gasteiger partial charge in [-0.1, -0.05) is 12.1 Å². The smallest absolute Gasteiger partial charge is 0.324 e. The van der Waals surface area contributed by atoms with E-state index in [9.17, 15) is 4.79 Å². The number of carbonyl (C=O) groups is 1. The van der Waals surface area contributed by atoms with Gasteiger partial charge in [0.25, 0.3) is 0 Å². The predicted molar refractivity (Wildman–Crippen MR) is 80.2 cm³/mol. The maximum Gasteiger partial charge on any atom is 0.324 e. The van der Waals surface area contributed by atoms with Crippen LogP contribution in [0.4, 0.5) is 5.82 Å². The van der Waals surface area contributed by atoms with Gasteiger partial charge >= 0.3 is 5.97 Å². The highest BCUT2D eigenvalue weighted by atomic mass is 16.5. The van der Waals surface area contributed by atoms with Crippen molar-refractivity contribution in [3.05, 3.63) is 30.6 Å². The molecule has 110 valence electrons. The van der Waals surface area contributed by atoms with Crippen molar-refractivity contribution in [2.24, 2.45) is 0 Å². The quantitative estimate of drug-likeness (QED) is 0.765. The van der Waals surface area contributed by atoms with Crippen molar-refractivity contribution in [1.29, 1.82) is 0 Å². The lowest BCUT2D eigenvalue weighted by molar-refractivity contribution is -0.146. The molecule has 0 spiro atoms. The Kier molecular flexibility index (Phi) is 3.70. The maximum atomic E-state index is 11.9. The number of hydrogen-bond acceptors (Lipinski definition) is 6. The third kappa shape index (κ3) is 2.54. The van der Waals surface area contributed by atoms with Crippen molar-refractivity contribution < 1.29 is 9.53 Å². The minimum Gasteiger partial charge on any atom is -0.468 e. The number of benzene rings is 1. The number of likely N-dealkylation sites (N-methyl/N-ethyl adjacent to an activating group) is 1. The number of hydrogen-bond donors (Lipinski definition) is 0. The van der Waals surface area contributed by atoms with Crippen LogP contribution in [-0.2, 0) is 9.53 Å². The van der Waals surface area contributed by atoms with E-state index >= 15 is 0 Å². The molecule has 6 nitrogen and oxygen atoms in total. The molecule has 1 unspecified atom stereocenters. The van der Waals surface area contributed by atoms with Gasteiger partial charge in [0.1, 0.15) is 18.2 Å². The Morgan fingerprint density at radius 3 is 2.90 bits per heavy atom. The summed E-state index contributed by atoms with van der Waals surface area (Å²) in [5.74, 6) is 0.670. The van der Waals surface area contributed by atoms with Gasteiger partial charge in [-0.25, -0.2) is 9.97 Å². The molecule has 1 aliphatic heterocycles. The van der Waals surface area contributed by atoms with Crippen molar-refractivity contribution in [2.75, 3.05) is 38.7 Å². The van der Waals surface area contributed by atoms with E-state index < -0.39 is 0 Å². The molecular formula is C15H18N4O2. The summed E-state index contributed by atoms with van der Waals surface area (Å²) in [4.78, 5) is 24.7. The standard InChI is InChI=1S/C15H18N4O2/c1-18-7-8-19(9-13(18)15(20)21-2)14-11-5-3-4-6-12(11)16-10-17-14/h3-6,10,13H,7-9H2,1-2H3. The molecular weight excluding hydrogens is 268 g/mol. The van der Waals surface area contributed by atoms with E-state index in [0.717, 1.165) is 29.8 Å². The summed E-state index contributed by atoms with van der Waals surface area (Å²) < 4.78 is 4.89. The van der Waals surface area contributed by atoms with Crippen LogP contribution < -0.4 is 4.90 Å². The van der Waals surface area contributed by atoms with Crippen LogP contribution in [0.15, 0.2) is 30.6 Å². The lowest BCUT2D eigenvalue weighted by Crippen LogP contribution is -2.55. The fourth-order valence-corrected chi connectivity index (χ4v) is 2.70. The molecule has 1 saturated heterocycles. The SMILES string of the molecule is COC(=O)C1CN(c2ncnc3ccccc23)CCN1C. The second-order valence-corrected chi connectivity index (χ2v) is 5.18. The highest BCUT2D eigenvalue weighted by molar-refractivity contribution is 5.89. The normalized spacial score (nSPS) is 19.7. The van der Waals surface area contributed by atoms with Gasteiger partial charge in [0.05, 0.1) is 12.6 Å². The van der Waals surface area contributed by atoms with Crippen molar-refractivity contribution in [2.45, 2.75) is 6.04 Å². The molecule has 2 aromatic rings. The van der Waals surface area contributed by atoms with E-state index in [4.69, 9.17) is 4.74 Å². The molecule has 2 heterocycles. The van der Waals surface area contributed by atoms with Gasteiger partial charge in [-0.05, 0) is 19.2 Å². The molecule has 0 radical (unpaired) electrons. The van der Waals surface area contributed by atoms with Gasteiger partial charge in [-0.15, -0.1) is 0 Å². The Bertz CT molecular complexity index is 656. The van der Waals surface area contributed by atoms with Crippen LogP contribution in [0.25, 0.3) is 10.9 Å². The topological polar surface area (TPSA) is 58.6 Å². The number of nitrogens with zero attached hydrogens (tertiary/aromatic N) is 4. The minimum atomic E-state index is -0.266. The Hall–Kier alpha value is -2.21. The lowest BCUT2D eigenvalue weighted by atomic mass is 10.1. The molecule has 1 atom stereocenters. The Balaban J connectivity index is 1.94. The zero-order valence-corrected chi connectivity index (χ0v) is 12.2. The van der Waals surface area contributed by atoms with Crippen LogP contribution >= 0.6 is 0 Å². The van der Waals surface area contributed by atoms with E-state index in [0.29, 0.717) is 6.54 Å². The third-order valence-corrected chi connectivity index (χ3v) is 3.94. The van der Waals surface area contributed by atoms with Crippen LogP contribution in [0.2, 0.25) is 0 Å². The number of anilines is 1. The van der Waals surface area contributed by atoms with Crippen molar-refractivity contribution in [3.63, 3.8) is 0 Å². The van der Waals surface area contributed by atoms with Gasteiger partial charge in [0, 0.05) is 25.0 Å². The first kappa shape index (κ1) is 13.8. The van der Waals surface area contributed by atoms with Crippen LogP contribution in [0.3, 0.4) is 0 Å². The molecule has 21 heavy (non-hydrogen) atoms. The molecule has 0 saturated carbocycles. The van der Waals surface area contributed by atoms with Crippen LogP contribution in [0, 0.1) is 0 Å². The van der Waals surface area contributed by atoms with Crippen molar-refractivity contribution in [3.8, 4) is 0 Å². The van der Waals surface area contributed by atoms with E-state index in [1.54, 1.807) is 6.33 Å². The Morgan fingerprint density at radius 2 is 2.10 bits per heavy atom. The number of methoxy groups -OCH3 is 1. The molecule has 0 aliphatic carbocycles. The molecule has 3 rings (SSSR count). The van der Waals surface area contributed by atoms with E-state index in [1.165, 1.54) is 7.11 Å². The highest BCUT2D eigenvalue weighted by Gasteiger charge is 2.31. The number of esters is 1. The zero-order chi connectivity index (χ0) is 14.8. The number of aromatic nitrogens is 2. The summed E-state index contributed by atoms with van der Waals surface area (Å²) >= 11 is 0. The summed E-state index contributed by atoms with van der Waals surface area (Å²) in [6, 6.07) is 7.64. The summed E-state index contributed by atoms with van der Waals surface area (Å²) in [5.41, 5.74) is 0.913. The monoisotopic (exact) mass is 286 g/mol. The second kappa shape index (κ2) is 5.65. The van der Waals surface area contributed by atoms with Gasteiger partial charge in [0.2, 0.25) is 0 Å². The van der Waals surface area contributed by atoms with Crippen molar-refractivity contribution in [1.82, 2.24) is 14.9 Å². The molecule has 0 N–H and O–H groups in total. The van der Waals surface area contributed by atoms with E-state index in [1.807, 2.05) is 36.2 Å². The summed E-state index contributed by atoms with van der Waals surface area (Å²) in [6.45, 7) is 2.19. The van der Waals surface area contributed by atoms with Crippen LogP contribution in [0.5, 0.6) is 0 Å². The second-order valence-electron chi connectivity index (χ2n) is 5.18. The van der Waals surface area contributed by atoms with Crippen LogP contribution in [0.1, 0.15) is 0 Å². The minimum absolute atomic E-state index is 0.208. The lowest BCUT2D eigenvalue weighted by Gasteiger charge is -2.38. The predicted octanol–water partition coefficient (Wildman–Crippen LogP) is 0.923. The largest absolute Gasteiger partial charge is 0.468 e. The number of piperazine rings is 1. The fraction of sp³-hybridized carbons (Fsp3) is 0.400.